The highest BCUT2D eigenvalue weighted by Gasteiger charge is 2.25. The second-order valence-electron chi connectivity index (χ2n) is 5.29. The van der Waals surface area contributed by atoms with Crippen LogP contribution >= 0.6 is 0 Å². The largest absolute Gasteiger partial charge is 0.449 e. The highest BCUT2D eigenvalue weighted by Crippen LogP contribution is 2.12. The van der Waals surface area contributed by atoms with Crippen LogP contribution in [0.15, 0.2) is 30.6 Å². The number of carbonyl (C=O) groups is 2. The number of nitrogens with zero attached hydrogens (tertiary/aromatic N) is 5. The van der Waals surface area contributed by atoms with Crippen LogP contribution in [0.5, 0.6) is 0 Å². The molecule has 24 heavy (non-hydrogen) atoms. The summed E-state index contributed by atoms with van der Waals surface area (Å²) in [5.41, 5.74) is 0.950. The lowest BCUT2D eigenvalue weighted by atomic mass is 10.2. The normalized spacial score (nSPS) is 15.8. The Morgan fingerprint density at radius 2 is 2.08 bits per heavy atom. The Morgan fingerprint density at radius 1 is 1.29 bits per heavy atom. The lowest BCUT2D eigenvalue weighted by Crippen LogP contribution is -2.46. The Morgan fingerprint density at radius 3 is 2.79 bits per heavy atom. The fraction of sp³-hybridized carbons (Fsp3) is 0.400. The number of esters is 1. The fourth-order valence-corrected chi connectivity index (χ4v) is 2.37. The van der Waals surface area contributed by atoms with Crippen molar-refractivity contribution in [1.82, 2.24) is 25.1 Å². The first-order valence-electron chi connectivity index (χ1n) is 7.56. The molecule has 2 aromatic rings. The summed E-state index contributed by atoms with van der Waals surface area (Å²) in [7, 11) is 0. The fourth-order valence-electron chi connectivity index (χ4n) is 2.37. The van der Waals surface area contributed by atoms with Crippen LogP contribution in [-0.2, 0) is 14.3 Å². The van der Waals surface area contributed by atoms with Crippen LogP contribution < -0.4 is 0 Å². The third-order valence-electron chi connectivity index (χ3n) is 3.65. The van der Waals surface area contributed by atoms with Crippen molar-refractivity contribution in [3.63, 3.8) is 0 Å². The first-order chi connectivity index (χ1) is 11.6. The predicted octanol–water partition coefficient (Wildman–Crippen LogP) is 0.0664. The minimum Gasteiger partial charge on any atom is -0.449 e. The Hall–Kier alpha value is -2.81. The van der Waals surface area contributed by atoms with E-state index in [-0.39, 0.29) is 5.91 Å². The van der Waals surface area contributed by atoms with Gasteiger partial charge in [0.05, 0.1) is 24.5 Å². The summed E-state index contributed by atoms with van der Waals surface area (Å²) in [5, 5.41) is 10.9. The number of aromatic nitrogens is 4. The van der Waals surface area contributed by atoms with Crippen molar-refractivity contribution in [3.8, 4) is 5.69 Å². The zero-order chi connectivity index (χ0) is 16.9. The third-order valence-corrected chi connectivity index (χ3v) is 3.65. The zero-order valence-corrected chi connectivity index (χ0v) is 13.2. The Balaban J connectivity index is 1.66. The van der Waals surface area contributed by atoms with Gasteiger partial charge in [-0.15, -0.1) is 5.10 Å². The van der Waals surface area contributed by atoms with Gasteiger partial charge in [-0.1, -0.05) is 6.07 Å². The van der Waals surface area contributed by atoms with E-state index in [1.54, 1.807) is 36.1 Å². The molecule has 1 unspecified atom stereocenters. The standard InChI is InChI=1S/C15H17N5O4/c1-11(14(21)19-5-7-23-8-6-19)24-15(22)12-3-2-4-13(9-12)20-10-16-17-18-20/h2-4,9-11H,5-8H2,1H3. The van der Waals surface area contributed by atoms with Crippen LogP contribution in [0.25, 0.3) is 5.69 Å². The number of amides is 1. The van der Waals surface area contributed by atoms with E-state index in [4.69, 9.17) is 9.47 Å². The summed E-state index contributed by atoms with van der Waals surface area (Å²) < 4.78 is 11.9. The second kappa shape index (κ2) is 7.18. The highest BCUT2D eigenvalue weighted by molar-refractivity contribution is 5.92. The van der Waals surface area contributed by atoms with Crippen molar-refractivity contribution in [3.05, 3.63) is 36.2 Å². The van der Waals surface area contributed by atoms with E-state index in [2.05, 4.69) is 15.5 Å². The topological polar surface area (TPSA) is 99.4 Å². The number of hydrogen-bond donors (Lipinski definition) is 0. The van der Waals surface area contributed by atoms with Gasteiger partial charge in [0.25, 0.3) is 5.91 Å². The van der Waals surface area contributed by atoms with Crippen molar-refractivity contribution in [1.29, 1.82) is 0 Å². The lowest BCUT2D eigenvalue weighted by Gasteiger charge is -2.28. The van der Waals surface area contributed by atoms with Crippen molar-refractivity contribution < 1.29 is 19.1 Å². The summed E-state index contributed by atoms with van der Waals surface area (Å²) in [4.78, 5) is 26.2. The van der Waals surface area contributed by atoms with Gasteiger partial charge >= 0.3 is 5.97 Å². The third kappa shape index (κ3) is 3.57. The minimum absolute atomic E-state index is 0.219. The van der Waals surface area contributed by atoms with Crippen molar-refractivity contribution in [2.75, 3.05) is 26.3 Å². The molecule has 9 nitrogen and oxygen atoms in total. The summed E-state index contributed by atoms with van der Waals surface area (Å²) >= 11 is 0. The second-order valence-corrected chi connectivity index (χ2v) is 5.29. The molecule has 126 valence electrons. The van der Waals surface area contributed by atoms with Gasteiger partial charge in [-0.25, -0.2) is 9.48 Å². The first kappa shape index (κ1) is 16.1. The van der Waals surface area contributed by atoms with E-state index < -0.39 is 12.1 Å². The number of rotatable bonds is 4. The molecule has 0 saturated carbocycles. The molecule has 1 saturated heterocycles. The molecule has 1 aliphatic heterocycles. The summed E-state index contributed by atoms with van der Waals surface area (Å²) in [6, 6.07) is 6.67. The lowest BCUT2D eigenvalue weighted by molar-refractivity contribution is -0.143. The van der Waals surface area contributed by atoms with Gasteiger partial charge in [-0.2, -0.15) is 0 Å². The maximum Gasteiger partial charge on any atom is 0.338 e. The number of hydrogen-bond acceptors (Lipinski definition) is 7. The van der Waals surface area contributed by atoms with E-state index in [1.807, 2.05) is 0 Å². The number of benzene rings is 1. The highest BCUT2D eigenvalue weighted by atomic mass is 16.5. The summed E-state index contributed by atoms with van der Waals surface area (Å²) in [6.07, 6.45) is 0.571. The number of tetrazole rings is 1. The maximum absolute atomic E-state index is 12.3. The zero-order valence-electron chi connectivity index (χ0n) is 13.2. The monoisotopic (exact) mass is 331 g/mol. The first-order valence-corrected chi connectivity index (χ1v) is 7.56. The van der Waals surface area contributed by atoms with Crippen LogP contribution in [0.3, 0.4) is 0 Å². The van der Waals surface area contributed by atoms with Crippen molar-refractivity contribution in [2.24, 2.45) is 0 Å². The smallest absolute Gasteiger partial charge is 0.338 e. The molecule has 0 aliphatic carbocycles. The molecule has 1 fully saturated rings. The molecule has 1 atom stereocenters. The predicted molar refractivity (Wildman–Crippen MR) is 81.4 cm³/mol. The molecule has 0 N–H and O–H groups in total. The molecule has 0 spiro atoms. The molecule has 3 rings (SSSR count). The Kier molecular flexibility index (Phi) is 4.80. The molecule has 2 heterocycles. The Labute approximate surface area is 138 Å². The van der Waals surface area contributed by atoms with Gasteiger partial charge in [-0.05, 0) is 35.5 Å². The molecular formula is C15H17N5O4. The minimum atomic E-state index is -0.854. The van der Waals surface area contributed by atoms with E-state index in [0.717, 1.165) is 0 Å². The number of ether oxygens (including phenoxy) is 2. The van der Waals surface area contributed by atoms with E-state index >= 15 is 0 Å². The van der Waals surface area contributed by atoms with Gasteiger partial charge in [0.15, 0.2) is 6.10 Å². The molecule has 1 aromatic heterocycles. The van der Waals surface area contributed by atoms with Gasteiger partial charge in [0.2, 0.25) is 0 Å². The van der Waals surface area contributed by atoms with Crippen molar-refractivity contribution in [2.45, 2.75) is 13.0 Å². The van der Waals surface area contributed by atoms with Crippen molar-refractivity contribution >= 4 is 11.9 Å². The molecule has 1 aliphatic rings. The van der Waals surface area contributed by atoms with Crippen LogP contribution in [0.1, 0.15) is 17.3 Å². The average Bonchev–Trinajstić information content (AvgIpc) is 3.16. The molecule has 1 amide bonds. The molecule has 1 aromatic carbocycles. The molecular weight excluding hydrogens is 314 g/mol. The van der Waals surface area contributed by atoms with E-state index in [0.29, 0.717) is 37.6 Å². The molecule has 0 radical (unpaired) electrons. The molecule has 9 heteroatoms. The summed E-state index contributed by atoms with van der Waals surface area (Å²) in [6.45, 7) is 3.59. The van der Waals surface area contributed by atoms with E-state index in [9.17, 15) is 9.59 Å². The van der Waals surface area contributed by atoms with Crippen LogP contribution in [0.4, 0.5) is 0 Å². The van der Waals surface area contributed by atoms with Gasteiger partial charge < -0.3 is 14.4 Å². The quantitative estimate of drug-likeness (QED) is 0.731. The van der Waals surface area contributed by atoms with Gasteiger partial charge in [0.1, 0.15) is 6.33 Å². The molecule has 0 bridgehead atoms. The van der Waals surface area contributed by atoms with Crippen LogP contribution in [-0.4, -0.2) is 69.4 Å². The van der Waals surface area contributed by atoms with Crippen LogP contribution in [0.2, 0.25) is 0 Å². The van der Waals surface area contributed by atoms with Gasteiger partial charge in [-0.3, -0.25) is 4.79 Å². The van der Waals surface area contributed by atoms with E-state index in [1.165, 1.54) is 11.0 Å². The maximum atomic E-state index is 12.3. The number of morpholine rings is 1. The average molecular weight is 331 g/mol. The van der Waals surface area contributed by atoms with Gasteiger partial charge in [0, 0.05) is 13.1 Å². The van der Waals surface area contributed by atoms with Crippen LogP contribution in [0, 0.1) is 0 Å². The Bertz CT molecular complexity index is 712. The number of carbonyl (C=O) groups excluding carboxylic acids is 2. The SMILES string of the molecule is CC(OC(=O)c1cccc(-n2cnnn2)c1)C(=O)N1CCOCC1. The summed E-state index contributed by atoms with van der Waals surface area (Å²) in [5.74, 6) is -0.790.